The molecule has 2 heterocycles. The van der Waals surface area contributed by atoms with Crippen LogP contribution in [0.5, 0.6) is 0 Å². The van der Waals surface area contributed by atoms with Crippen LogP contribution >= 0.6 is 0 Å². The summed E-state index contributed by atoms with van der Waals surface area (Å²) in [6.07, 6.45) is 8.09. The lowest BCUT2D eigenvalue weighted by atomic mass is 9.66. The summed E-state index contributed by atoms with van der Waals surface area (Å²) in [5.41, 5.74) is 0.975. The molecule has 2 aliphatic carbocycles. The van der Waals surface area contributed by atoms with Crippen LogP contribution in [-0.4, -0.2) is 54.5 Å². The van der Waals surface area contributed by atoms with Crippen molar-refractivity contribution in [1.29, 1.82) is 0 Å². The Morgan fingerprint density at radius 1 is 1.12 bits per heavy atom. The maximum Gasteiger partial charge on any atom is 0.317 e. The molecular formula is C19H27N3O3S. The standard InChI is InChI=1S/C19H27N3O3S/c23-17(21-15-18(6-3-7-18)16-5-1-2-11-20-16)22-12-10-19(8-4-9-19)26(24,25)14-13-22/h1-2,5,11H,3-4,6-10,12-15H2,(H,21,23). The summed E-state index contributed by atoms with van der Waals surface area (Å²) in [6, 6.07) is 5.79. The number of carbonyl (C=O) groups is 1. The fourth-order valence-corrected chi connectivity index (χ4v) is 6.75. The number of aromatic nitrogens is 1. The molecule has 1 aromatic heterocycles. The number of urea groups is 1. The van der Waals surface area contributed by atoms with E-state index in [1.165, 1.54) is 0 Å². The van der Waals surface area contributed by atoms with E-state index in [1.54, 1.807) is 11.1 Å². The molecule has 142 valence electrons. The van der Waals surface area contributed by atoms with Crippen LogP contribution in [0.1, 0.15) is 50.6 Å². The molecule has 4 rings (SSSR count). The zero-order chi connectivity index (χ0) is 18.3. The Morgan fingerprint density at radius 3 is 2.46 bits per heavy atom. The maximum absolute atomic E-state index is 12.7. The average molecular weight is 378 g/mol. The zero-order valence-corrected chi connectivity index (χ0v) is 15.9. The summed E-state index contributed by atoms with van der Waals surface area (Å²) < 4.78 is 24.6. The van der Waals surface area contributed by atoms with Crippen LogP contribution in [0.2, 0.25) is 0 Å². The molecule has 0 aromatic carbocycles. The van der Waals surface area contributed by atoms with Crippen molar-refractivity contribution in [3.63, 3.8) is 0 Å². The van der Waals surface area contributed by atoms with Crippen LogP contribution < -0.4 is 5.32 Å². The molecule has 6 nitrogen and oxygen atoms in total. The number of nitrogens with one attached hydrogen (secondary N) is 1. The van der Waals surface area contributed by atoms with Gasteiger partial charge in [0.15, 0.2) is 9.84 Å². The third kappa shape index (κ3) is 2.90. The van der Waals surface area contributed by atoms with E-state index in [0.717, 1.165) is 44.2 Å². The number of sulfone groups is 1. The first kappa shape index (κ1) is 17.8. The third-order valence-electron chi connectivity index (χ3n) is 6.78. The van der Waals surface area contributed by atoms with E-state index >= 15 is 0 Å². The van der Waals surface area contributed by atoms with Crippen LogP contribution in [0.15, 0.2) is 24.4 Å². The normalized spacial score (nSPS) is 25.6. The molecule has 2 amide bonds. The van der Waals surface area contributed by atoms with Crippen molar-refractivity contribution in [3.8, 4) is 0 Å². The molecule has 1 saturated heterocycles. The van der Waals surface area contributed by atoms with Gasteiger partial charge in [-0.05, 0) is 44.2 Å². The van der Waals surface area contributed by atoms with E-state index < -0.39 is 14.6 Å². The van der Waals surface area contributed by atoms with E-state index in [4.69, 9.17) is 0 Å². The molecule has 2 saturated carbocycles. The Bertz CT molecular complexity index is 770. The highest BCUT2D eigenvalue weighted by atomic mass is 32.2. The molecule has 3 fully saturated rings. The second-order valence-electron chi connectivity index (χ2n) is 8.10. The van der Waals surface area contributed by atoms with Gasteiger partial charge in [0.05, 0.1) is 10.5 Å². The Hall–Kier alpha value is -1.63. The smallest absolute Gasteiger partial charge is 0.317 e. The van der Waals surface area contributed by atoms with E-state index in [1.807, 2.05) is 18.2 Å². The number of nitrogens with zero attached hydrogens (tertiary/aromatic N) is 2. The highest BCUT2D eigenvalue weighted by molar-refractivity contribution is 7.92. The van der Waals surface area contributed by atoms with E-state index in [2.05, 4.69) is 10.3 Å². The highest BCUT2D eigenvalue weighted by Gasteiger charge is 2.50. The summed E-state index contributed by atoms with van der Waals surface area (Å²) >= 11 is 0. The molecule has 7 heteroatoms. The Kier molecular flexibility index (Phi) is 4.45. The van der Waals surface area contributed by atoms with Crippen molar-refractivity contribution in [2.75, 3.05) is 25.4 Å². The highest BCUT2D eigenvalue weighted by Crippen LogP contribution is 2.44. The molecule has 1 aromatic rings. The van der Waals surface area contributed by atoms with Gasteiger partial charge in [-0.2, -0.15) is 0 Å². The minimum Gasteiger partial charge on any atom is -0.337 e. The molecule has 1 spiro atoms. The van der Waals surface area contributed by atoms with Gasteiger partial charge in [0.25, 0.3) is 0 Å². The lowest BCUT2D eigenvalue weighted by Gasteiger charge is -2.42. The molecular weight excluding hydrogens is 350 g/mol. The minimum absolute atomic E-state index is 0.0654. The van der Waals surface area contributed by atoms with Crippen molar-refractivity contribution < 1.29 is 13.2 Å². The van der Waals surface area contributed by atoms with E-state index in [-0.39, 0.29) is 17.2 Å². The van der Waals surface area contributed by atoms with Crippen molar-refractivity contribution in [2.24, 2.45) is 0 Å². The predicted molar refractivity (Wildman–Crippen MR) is 99.7 cm³/mol. The van der Waals surface area contributed by atoms with Crippen LogP contribution in [0.4, 0.5) is 4.79 Å². The molecule has 26 heavy (non-hydrogen) atoms. The van der Waals surface area contributed by atoms with E-state index in [0.29, 0.717) is 26.1 Å². The molecule has 3 aliphatic rings. The van der Waals surface area contributed by atoms with Gasteiger partial charge in [0.1, 0.15) is 0 Å². The van der Waals surface area contributed by atoms with E-state index in [9.17, 15) is 13.2 Å². The summed E-state index contributed by atoms with van der Waals surface area (Å²) in [4.78, 5) is 18.9. The number of amides is 2. The Labute approximate surface area is 155 Å². The van der Waals surface area contributed by atoms with Crippen LogP contribution in [0.25, 0.3) is 0 Å². The van der Waals surface area contributed by atoms with Gasteiger partial charge in [-0.3, -0.25) is 4.98 Å². The minimum atomic E-state index is -3.10. The first-order valence-electron chi connectivity index (χ1n) is 9.63. The number of rotatable bonds is 3. The fourth-order valence-electron chi connectivity index (χ4n) is 4.55. The zero-order valence-electron chi connectivity index (χ0n) is 15.1. The average Bonchev–Trinajstić information content (AvgIpc) is 2.70. The predicted octanol–water partition coefficient (Wildman–Crippen LogP) is 2.26. The fraction of sp³-hybridized carbons (Fsp3) is 0.684. The SMILES string of the molecule is O=C(NCC1(c2ccccn2)CCC1)N1CCC2(CCC2)S(=O)(=O)CC1. The van der Waals surface area contributed by atoms with Gasteiger partial charge < -0.3 is 10.2 Å². The van der Waals surface area contributed by atoms with Crippen molar-refractivity contribution in [2.45, 2.75) is 55.1 Å². The van der Waals surface area contributed by atoms with Gasteiger partial charge >= 0.3 is 6.03 Å². The van der Waals surface area contributed by atoms with Crippen molar-refractivity contribution in [3.05, 3.63) is 30.1 Å². The van der Waals surface area contributed by atoms with Gasteiger partial charge in [-0.25, -0.2) is 13.2 Å². The largest absolute Gasteiger partial charge is 0.337 e. The molecule has 0 atom stereocenters. The van der Waals surface area contributed by atoms with Gasteiger partial charge in [-0.15, -0.1) is 0 Å². The number of hydrogen-bond acceptors (Lipinski definition) is 4. The third-order valence-corrected chi connectivity index (χ3v) is 9.43. The lowest BCUT2D eigenvalue weighted by Crippen LogP contribution is -2.50. The lowest BCUT2D eigenvalue weighted by molar-refractivity contribution is 0.180. The summed E-state index contributed by atoms with van der Waals surface area (Å²) in [6.45, 7) is 1.39. The topological polar surface area (TPSA) is 79.4 Å². The summed E-state index contributed by atoms with van der Waals surface area (Å²) in [5, 5.41) is 3.06. The first-order chi connectivity index (χ1) is 12.5. The van der Waals surface area contributed by atoms with Crippen molar-refractivity contribution >= 4 is 15.9 Å². The van der Waals surface area contributed by atoms with Crippen LogP contribution in [0.3, 0.4) is 0 Å². The van der Waals surface area contributed by atoms with Gasteiger partial charge in [0.2, 0.25) is 0 Å². The van der Waals surface area contributed by atoms with Gasteiger partial charge in [-0.1, -0.05) is 18.9 Å². The molecule has 1 N–H and O–H groups in total. The monoisotopic (exact) mass is 377 g/mol. The number of pyridine rings is 1. The quantitative estimate of drug-likeness (QED) is 0.876. The number of hydrogen-bond donors (Lipinski definition) is 1. The van der Waals surface area contributed by atoms with Crippen LogP contribution in [-0.2, 0) is 15.3 Å². The number of carbonyl (C=O) groups excluding carboxylic acids is 1. The Morgan fingerprint density at radius 2 is 1.88 bits per heavy atom. The van der Waals surface area contributed by atoms with Crippen LogP contribution in [0, 0.1) is 0 Å². The summed E-state index contributed by atoms with van der Waals surface area (Å²) in [7, 11) is -3.10. The Balaban J connectivity index is 1.39. The molecule has 0 radical (unpaired) electrons. The summed E-state index contributed by atoms with van der Waals surface area (Å²) in [5.74, 6) is 0.0891. The first-order valence-corrected chi connectivity index (χ1v) is 11.3. The van der Waals surface area contributed by atoms with Gasteiger partial charge in [0, 0.05) is 36.9 Å². The van der Waals surface area contributed by atoms with Crippen molar-refractivity contribution in [1.82, 2.24) is 15.2 Å². The molecule has 0 bridgehead atoms. The maximum atomic E-state index is 12.7. The second kappa shape index (κ2) is 6.51. The second-order valence-corrected chi connectivity index (χ2v) is 10.6. The molecule has 1 aliphatic heterocycles. The molecule has 0 unspecified atom stereocenters.